The van der Waals surface area contributed by atoms with Crippen LogP contribution in [0.25, 0.3) is 11.0 Å². The molecular weight excluding hydrogens is 304 g/mol. The third kappa shape index (κ3) is 3.62. The van der Waals surface area contributed by atoms with E-state index >= 15 is 0 Å². The van der Waals surface area contributed by atoms with Gasteiger partial charge in [0, 0.05) is 18.5 Å². The topological polar surface area (TPSA) is 45.9 Å². The first-order chi connectivity index (χ1) is 11.4. The van der Waals surface area contributed by atoms with Crippen molar-refractivity contribution in [2.45, 2.75) is 39.0 Å². The minimum atomic E-state index is 0.0391. The molecule has 3 rings (SSSR count). The van der Waals surface area contributed by atoms with Crippen molar-refractivity contribution in [1.82, 2.24) is 9.80 Å². The van der Waals surface area contributed by atoms with Gasteiger partial charge in [-0.05, 0) is 40.0 Å². The average molecular weight is 330 g/mol. The van der Waals surface area contributed by atoms with E-state index in [0.717, 1.165) is 16.7 Å². The summed E-state index contributed by atoms with van der Waals surface area (Å²) in [4.78, 5) is 16.5. The molecule has 0 N–H and O–H groups in total. The number of amides is 1. The van der Waals surface area contributed by atoms with Crippen LogP contribution in [-0.2, 0) is 9.53 Å². The maximum absolute atomic E-state index is 12.6. The van der Waals surface area contributed by atoms with Crippen LogP contribution in [0.2, 0.25) is 0 Å². The van der Waals surface area contributed by atoms with Crippen LogP contribution >= 0.6 is 0 Å². The first-order valence-electron chi connectivity index (χ1n) is 8.56. The Hall–Kier alpha value is -1.85. The fourth-order valence-corrected chi connectivity index (χ4v) is 3.26. The van der Waals surface area contributed by atoms with Crippen molar-refractivity contribution in [3.8, 4) is 0 Å². The lowest BCUT2D eigenvalue weighted by Gasteiger charge is -2.36. The normalized spacial score (nSPS) is 23.0. The highest BCUT2D eigenvalue weighted by Gasteiger charge is 2.27. The van der Waals surface area contributed by atoms with Crippen LogP contribution in [0.4, 0.5) is 0 Å². The van der Waals surface area contributed by atoms with Gasteiger partial charge in [-0.15, -0.1) is 0 Å². The highest BCUT2D eigenvalue weighted by molar-refractivity contribution is 5.79. The summed E-state index contributed by atoms with van der Waals surface area (Å²) in [6, 6.07) is 10.1. The summed E-state index contributed by atoms with van der Waals surface area (Å²) >= 11 is 0. The minimum absolute atomic E-state index is 0.0391. The fraction of sp³-hybridized carbons (Fsp3) is 0.526. The Morgan fingerprint density at radius 2 is 1.96 bits per heavy atom. The van der Waals surface area contributed by atoms with Crippen molar-refractivity contribution in [3.63, 3.8) is 0 Å². The minimum Gasteiger partial charge on any atom is -0.459 e. The molecule has 1 aromatic carbocycles. The Balaban J connectivity index is 1.65. The molecule has 0 saturated carbocycles. The summed E-state index contributed by atoms with van der Waals surface area (Å²) in [5.74, 6) is 1.03. The van der Waals surface area contributed by atoms with Crippen molar-refractivity contribution in [2.24, 2.45) is 0 Å². The second kappa shape index (κ2) is 6.95. The summed E-state index contributed by atoms with van der Waals surface area (Å²) in [6.07, 6.45) is 0.187. The molecule has 0 aliphatic carbocycles. The largest absolute Gasteiger partial charge is 0.459 e. The molecule has 2 aromatic rings. The Kier molecular flexibility index (Phi) is 4.92. The molecule has 1 aromatic heterocycles. The summed E-state index contributed by atoms with van der Waals surface area (Å²) in [6.45, 7) is 7.78. The van der Waals surface area contributed by atoms with Crippen LogP contribution in [0, 0.1) is 0 Å². The highest BCUT2D eigenvalue weighted by Crippen LogP contribution is 2.26. The lowest BCUT2D eigenvalue weighted by Crippen LogP contribution is -2.50. The molecule has 2 heterocycles. The number of carbonyl (C=O) groups excluding carboxylic acids is 1. The number of ether oxygens (including phenoxy) is 1. The van der Waals surface area contributed by atoms with Crippen molar-refractivity contribution < 1.29 is 13.9 Å². The average Bonchev–Trinajstić information content (AvgIpc) is 2.97. The van der Waals surface area contributed by atoms with Gasteiger partial charge in [-0.1, -0.05) is 18.2 Å². The van der Waals surface area contributed by atoms with Crippen molar-refractivity contribution in [3.05, 3.63) is 36.1 Å². The molecule has 0 radical (unpaired) electrons. The summed E-state index contributed by atoms with van der Waals surface area (Å²) in [5.41, 5.74) is 0.884. The Labute approximate surface area is 143 Å². The molecule has 24 heavy (non-hydrogen) atoms. The number of morpholine rings is 1. The molecular formula is C19H26N2O3. The number of likely N-dealkylation sites (N-methyl/N-ethyl adjacent to an activating group) is 1. The van der Waals surface area contributed by atoms with E-state index in [4.69, 9.17) is 9.15 Å². The smallest absolute Gasteiger partial charge is 0.236 e. The zero-order valence-electron chi connectivity index (χ0n) is 14.9. The van der Waals surface area contributed by atoms with E-state index in [2.05, 4.69) is 13.0 Å². The van der Waals surface area contributed by atoms with E-state index in [9.17, 15) is 4.79 Å². The molecule has 1 aliphatic heterocycles. The maximum Gasteiger partial charge on any atom is 0.236 e. The van der Waals surface area contributed by atoms with Crippen molar-refractivity contribution in [2.75, 3.05) is 26.7 Å². The second-order valence-electron chi connectivity index (χ2n) is 6.83. The van der Waals surface area contributed by atoms with Crippen LogP contribution in [-0.4, -0.2) is 54.6 Å². The van der Waals surface area contributed by atoms with Gasteiger partial charge >= 0.3 is 0 Å². The first-order valence-corrected chi connectivity index (χ1v) is 8.56. The number of hydrogen-bond acceptors (Lipinski definition) is 4. The number of nitrogens with zero attached hydrogens (tertiary/aromatic N) is 2. The van der Waals surface area contributed by atoms with Gasteiger partial charge in [-0.25, -0.2) is 0 Å². The third-order valence-corrected chi connectivity index (χ3v) is 4.67. The van der Waals surface area contributed by atoms with Crippen LogP contribution in [0.3, 0.4) is 0 Å². The number of fused-ring (bicyclic) bond motifs is 1. The third-order valence-electron chi connectivity index (χ3n) is 4.67. The summed E-state index contributed by atoms with van der Waals surface area (Å²) in [7, 11) is 1.96. The van der Waals surface area contributed by atoms with E-state index < -0.39 is 0 Å². The Morgan fingerprint density at radius 3 is 2.62 bits per heavy atom. The monoisotopic (exact) mass is 330 g/mol. The van der Waals surface area contributed by atoms with E-state index in [1.54, 1.807) is 0 Å². The molecule has 5 nitrogen and oxygen atoms in total. The lowest BCUT2D eigenvalue weighted by molar-refractivity contribution is -0.144. The van der Waals surface area contributed by atoms with E-state index in [1.165, 1.54) is 0 Å². The fourth-order valence-electron chi connectivity index (χ4n) is 3.26. The SMILES string of the molecule is CC1CN(C(=O)CN(C)C(C)c2cc3ccccc3o2)CC(C)O1. The Morgan fingerprint density at radius 1 is 1.29 bits per heavy atom. The molecule has 1 saturated heterocycles. The number of para-hydroxylation sites is 1. The van der Waals surface area contributed by atoms with Crippen molar-refractivity contribution >= 4 is 16.9 Å². The number of rotatable bonds is 4. The van der Waals surface area contributed by atoms with Gasteiger partial charge in [-0.2, -0.15) is 0 Å². The van der Waals surface area contributed by atoms with Gasteiger partial charge in [0.1, 0.15) is 11.3 Å². The first kappa shape index (κ1) is 17.0. The molecule has 1 aliphatic rings. The van der Waals surface area contributed by atoms with Crippen molar-refractivity contribution in [1.29, 1.82) is 0 Å². The Bertz CT molecular complexity index is 668. The standard InChI is InChI=1S/C19H26N2O3/c1-13-10-21(11-14(2)23-13)19(22)12-20(4)15(3)18-9-16-7-5-6-8-17(16)24-18/h5-9,13-15H,10-12H2,1-4H3. The molecule has 3 unspecified atom stereocenters. The molecule has 1 amide bonds. The molecule has 0 spiro atoms. The second-order valence-corrected chi connectivity index (χ2v) is 6.83. The quantitative estimate of drug-likeness (QED) is 0.864. The van der Waals surface area contributed by atoms with Crippen LogP contribution in [0.1, 0.15) is 32.6 Å². The highest BCUT2D eigenvalue weighted by atomic mass is 16.5. The van der Waals surface area contributed by atoms with E-state index in [0.29, 0.717) is 19.6 Å². The zero-order chi connectivity index (χ0) is 17.3. The molecule has 3 atom stereocenters. The summed E-state index contributed by atoms with van der Waals surface area (Å²) < 4.78 is 11.6. The van der Waals surface area contributed by atoms with Gasteiger partial charge in [0.2, 0.25) is 5.91 Å². The summed E-state index contributed by atoms with van der Waals surface area (Å²) in [5, 5.41) is 1.09. The lowest BCUT2D eigenvalue weighted by atomic mass is 10.2. The van der Waals surface area contributed by atoms with E-state index in [-0.39, 0.29) is 24.2 Å². The number of hydrogen-bond donors (Lipinski definition) is 0. The predicted molar refractivity (Wildman–Crippen MR) is 93.8 cm³/mol. The van der Waals surface area contributed by atoms with Gasteiger partial charge in [0.15, 0.2) is 0 Å². The van der Waals surface area contributed by atoms with Gasteiger partial charge in [-0.3, -0.25) is 9.69 Å². The van der Waals surface area contributed by atoms with Gasteiger partial charge in [0.25, 0.3) is 0 Å². The number of benzene rings is 1. The van der Waals surface area contributed by atoms with Crippen LogP contribution in [0.15, 0.2) is 34.7 Å². The predicted octanol–water partition coefficient (Wildman–Crippen LogP) is 3.06. The maximum atomic E-state index is 12.6. The molecule has 1 fully saturated rings. The van der Waals surface area contributed by atoms with Crippen LogP contribution in [0.5, 0.6) is 0 Å². The number of carbonyl (C=O) groups is 1. The molecule has 0 bridgehead atoms. The van der Waals surface area contributed by atoms with E-state index in [1.807, 2.05) is 55.0 Å². The van der Waals surface area contributed by atoms with Gasteiger partial charge < -0.3 is 14.1 Å². The van der Waals surface area contributed by atoms with Crippen LogP contribution < -0.4 is 0 Å². The molecule has 5 heteroatoms. The molecule has 130 valence electrons. The van der Waals surface area contributed by atoms with Gasteiger partial charge in [0.05, 0.1) is 24.8 Å². The zero-order valence-corrected chi connectivity index (χ0v) is 14.9. The number of furan rings is 1.